The monoisotopic (exact) mass is 205 g/mol. The van der Waals surface area contributed by atoms with E-state index < -0.39 is 0 Å². The number of rotatable bonds is 4. The second-order valence-corrected chi connectivity index (χ2v) is 3.63. The van der Waals surface area contributed by atoms with Gasteiger partial charge in [0.25, 0.3) is 5.91 Å². The normalized spacial score (nSPS) is 10.1. The second-order valence-electron chi connectivity index (χ2n) is 3.63. The Balaban J connectivity index is 3.15. The number of carbonyl (C=O) groups excluding carboxylic acids is 1. The van der Waals surface area contributed by atoms with Crippen molar-refractivity contribution < 1.29 is 4.79 Å². The van der Waals surface area contributed by atoms with Crippen LogP contribution in [0.4, 0.5) is 0 Å². The molecule has 1 N–H and O–H groups in total. The van der Waals surface area contributed by atoms with Gasteiger partial charge in [-0.25, -0.2) is 0 Å². The number of hydrogen-bond acceptors (Lipinski definition) is 1. The highest BCUT2D eigenvalue weighted by Gasteiger charge is 2.11. The third-order valence-corrected chi connectivity index (χ3v) is 2.62. The maximum absolute atomic E-state index is 11.6. The summed E-state index contributed by atoms with van der Waals surface area (Å²) in [5.41, 5.74) is 3.32. The molecule has 82 valence electrons. The lowest BCUT2D eigenvalue weighted by molar-refractivity contribution is 0.0962. The van der Waals surface area contributed by atoms with E-state index in [1.165, 1.54) is 11.1 Å². The molecule has 0 saturated carbocycles. The predicted octanol–water partition coefficient (Wildman–Crippen LogP) is 2.56. The van der Waals surface area contributed by atoms with Gasteiger partial charge in [0.15, 0.2) is 0 Å². The average Bonchev–Trinajstić information content (AvgIpc) is 2.28. The number of aryl methyl sites for hydroxylation is 1. The van der Waals surface area contributed by atoms with Crippen LogP contribution in [0.5, 0.6) is 0 Å². The van der Waals surface area contributed by atoms with Gasteiger partial charge in [-0.15, -0.1) is 0 Å². The highest BCUT2D eigenvalue weighted by Crippen LogP contribution is 2.17. The molecule has 0 heterocycles. The van der Waals surface area contributed by atoms with Gasteiger partial charge in [0, 0.05) is 12.6 Å². The smallest absolute Gasteiger partial charge is 0.251 e. The van der Waals surface area contributed by atoms with Crippen molar-refractivity contribution in [3.05, 3.63) is 34.9 Å². The Morgan fingerprint density at radius 2 is 2.07 bits per heavy atom. The van der Waals surface area contributed by atoms with E-state index in [1.54, 1.807) is 7.05 Å². The molecule has 0 aliphatic carbocycles. The zero-order valence-corrected chi connectivity index (χ0v) is 9.76. The number of hydrogen-bond donors (Lipinski definition) is 1. The molecule has 0 aromatic heterocycles. The minimum Gasteiger partial charge on any atom is -0.355 e. The van der Waals surface area contributed by atoms with Crippen LogP contribution in [-0.2, 0) is 12.8 Å². The molecule has 0 bridgehead atoms. The molecule has 0 aliphatic rings. The number of carbonyl (C=O) groups is 1. The SMILES string of the molecule is CCCc1cccc(C(=O)NC)c1CC. The molecule has 1 rings (SSSR count). The molecule has 1 amide bonds. The van der Waals surface area contributed by atoms with Crippen LogP contribution in [0.1, 0.15) is 41.8 Å². The second kappa shape index (κ2) is 5.54. The molecule has 2 nitrogen and oxygen atoms in total. The van der Waals surface area contributed by atoms with Crippen LogP contribution >= 0.6 is 0 Å². The Morgan fingerprint density at radius 1 is 1.33 bits per heavy atom. The van der Waals surface area contributed by atoms with Gasteiger partial charge in [-0.1, -0.05) is 32.4 Å². The van der Waals surface area contributed by atoms with Crippen LogP contribution in [0.15, 0.2) is 18.2 Å². The van der Waals surface area contributed by atoms with E-state index >= 15 is 0 Å². The van der Waals surface area contributed by atoms with Crippen LogP contribution in [0, 0.1) is 0 Å². The topological polar surface area (TPSA) is 29.1 Å². The number of nitrogens with one attached hydrogen (secondary N) is 1. The van der Waals surface area contributed by atoms with E-state index in [0.717, 1.165) is 24.8 Å². The van der Waals surface area contributed by atoms with E-state index in [9.17, 15) is 4.79 Å². The lowest BCUT2D eigenvalue weighted by atomic mass is 9.95. The molecule has 0 fully saturated rings. The fraction of sp³-hybridized carbons (Fsp3) is 0.462. The van der Waals surface area contributed by atoms with Gasteiger partial charge in [-0.05, 0) is 30.0 Å². The molecule has 15 heavy (non-hydrogen) atoms. The summed E-state index contributed by atoms with van der Waals surface area (Å²) >= 11 is 0. The van der Waals surface area contributed by atoms with Crippen molar-refractivity contribution in [1.82, 2.24) is 5.32 Å². The van der Waals surface area contributed by atoms with Gasteiger partial charge >= 0.3 is 0 Å². The van der Waals surface area contributed by atoms with Crippen molar-refractivity contribution in [1.29, 1.82) is 0 Å². The molecular formula is C13H19NO. The maximum Gasteiger partial charge on any atom is 0.251 e. The number of amides is 1. The van der Waals surface area contributed by atoms with Crippen LogP contribution < -0.4 is 5.32 Å². The summed E-state index contributed by atoms with van der Waals surface area (Å²) in [5.74, 6) is 0.0183. The van der Waals surface area contributed by atoms with Crippen molar-refractivity contribution in [2.45, 2.75) is 33.1 Å². The molecular weight excluding hydrogens is 186 g/mol. The first-order valence-electron chi connectivity index (χ1n) is 5.57. The van der Waals surface area contributed by atoms with E-state index in [4.69, 9.17) is 0 Å². The standard InChI is InChI=1S/C13H19NO/c1-4-7-10-8-6-9-12(11(10)5-2)13(15)14-3/h6,8-9H,4-5,7H2,1-3H3,(H,14,15). The Bertz CT molecular complexity index is 344. The molecule has 1 aromatic rings. The minimum atomic E-state index is 0.0183. The molecule has 0 atom stereocenters. The summed E-state index contributed by atoms with van der Waals surface area (Å²) in [6.07, 6.45) is 3.08. The summed E-state index contributed by atoms with van der Waals surface area (Å²) < 4.78 is 0. The zero-order chi connectivity index (χ0) is 11.3. The first-order valence-corrected chi connectivity index (χ1v) is 5.57. The Hall–Kier alpha value is -1.31. The van der Waals surface area contributed by atoms with Gasteiger partial charge in [0.2, 0.25) is 0 Å². The summed E-state index contributed by atoms with van der Waals surface area (Å²) in [7, 11) is 1.67. The lowest BCUT2D eigenvalue weighted by Gasteiger charge is -2.11. The third kappa shape index (κ3) is 2.58. The fourth-order valence-electron chi connectivity index (χ4n) is 1.90. The quantitative estimate of drug-likeness (QED) is 0.804. The van der Waals surface area contributed by atoms with Crippen molar-refractivity contribution >= 4 is 5.91 Å². The molecule has 1 aromatic carbocycles. The van der Waals surface area contributed by atoms with Crippen molar-refractivity contribution in [3.63, 3.8) is 0 Å². The van der Waals surface area contributed by atoms with Gasteiger partial charge in [-0.2, -0.15) is 0 Å². The van der Waals surface area contributed by atoms with E-state index in [2.05, 4.69) is 25.2 Å². The third-order valence-electron chi connectivity index (χ3n) is 2.62. The van der Waals surface area contributed by atoms with Crippen molar-refractivity contribution in [3.8, 4) is 0 Å². The minimum absolute atomic E-state index is 0.0183. The summed E-state index contributed by atoms with van der Waals surface area (Å²) in [5, 5.41) is 2.69. The van der Waals surface area contributed by atoms with Gasteiger partial charge < -0.3 is 5.32 Å². The van der Waals surface area contributed by atoms with Crippen molar-refractivity contribution in [2.24, 2.45) is 0 Å². The molecule has 2 heteroatoms. The highest BCUT2D eigenvalue weighted by atomic mass is 16.1. The molecule has 0 spiro atoms. The van der Waals surface area contributed by atoms with E-state index in [-0.39, 0.29) is 5.91 Å². The van der Waals surface area contributed by atoms with Gasteiger partial charge in [0.05, 0.1) is 0 Å². The van der Waals surface area contributed by atoms with Crippen LogP contribution in [-0.4, -0.2) is 13.0 Å². The average molecular weight is 205 g/mol. The first-order chi connectivity index (χ1) is 7.24. The first kappa shape index (κ1) is 11.8. The van der Waals surface area contributed by atoms with Crippen LogP contribution in [0.25, 0.3) is 0 Å². The molecule has 0 aliphatic heterocycles. The Labute approximate surface area is 91.7 Å². The largest absolute Gasteiger partial charge is 0.355 e. The lowest BCUT2D eigenvalue weighted by Crippen LogP contribution is -2.20. The predicted molar refractivity (Wildman–Crippen MR) is 63.2 cm³/mol. The molecule has 0 radical (unpaired) electrons. The van der Waals surface area contributed by atoms with Gasteiger partial charge in [0.1, 0.15) is 0 Å². The van der Waals surface area contributed by atoms with E-state index in [1.807, 2.05) is 12.1 Å². The molecule has 0 unspecified atom stereocenters. The summed E-state index contributed by atoms with van der Waals surface area (Å²) in [4.78, 5) is 11.6. The maximum atomic E-state index is 11.6. The summed E-state index contributed by atoms with van der Waals surface area (Å²) in [6.45, 7) is 4.26. The van der Waals surface area contributed by atoms with Gasteiger partial charge in [-0.3, -0.25) is 4.79 Å². The Kier molecular flexibility index (Phi) is 4.35. The fourth-order valence-corrected chi connectivity index (χ4v) is 1.90. The van der Waals surface area contributed by atoms with Crippen LogP contribution in [0.3, 0.4) is 0 Å². The number of benzene rings is 1. The summed E-state index contributed by atoms with van der Waals surface area (Å²) in [6, 6.07) is 5.99. The van der Waals surface area contributed by atoms with E-state index in [0.29, 0.717) is 0 Å². The zero-order valence-electron chi connectivity index (χ0n) is 9.76. The Morgan fingerprint density at radius 3 is 2.60 bits per heavy atom. The molecule has 0 saturated heterocycles. The van der Waals surface area contributed by atoms with Crippen LogP contribution in [0.2, 0.25) is 0 Å². The van der Waals surface area contributed by atoms with Crippen molar-refractivity contribution in [2.75, 3.05) is 7.05 Å². The highest BCUT2D eigenvalue weighted by molar-refractivity contribution is 5.95.